The number of fused-ring (bicyclic) bond motifs is 3. The van der Waals surface area contributed by atoms with Gasteiger partial charge in [-0.25, -0.2) is 14.5 Å². The summed E-state index contributed by atoms with van der Waals surface area (Å²) in [5, 5.41) is 24.5. The summed E-state index contributed by atoms with van der Waals surface area (Å²) in [5.41, 5.74) is 4.93. The second-order valence-corrected chi connectivity index (χ2v) is 11.7. The van der Waals surface area contributed by atoms with Gasteiger partial charge in [-0.05, 0) is 44.0 Å². The Morgan fingerprint density at radius 3 is 2.44 bits per heavy atom. The van der Waals surface area contributed by atoms with E-state index in [0.717, 1.165) is 42.1 Å². The van der Waals surface area contributed by atoms with Crippen LogP contribution < -0.4 is 9.64 Å². The highest BCUT2D eigenvalue weighted by Gasteiger charge is 2.44. The van der Waals surface area contributed by atoms with Crippen LogP contribution in [-0.2, 0) is 12.1 Å². The molecule has 3 fully saturated rings. The lowest BCUT2D eigenvalue weighted by molar-refractivity contribution is -0.00876. The Balaban J connectivity index is 1.13. The molecule has 0 spiro atoms. The van der Waals surface area contributed by atoms with Gasteiger partial charge in [0, 0.05) is 73.1 Å². The zero-order chi connectivity index (χ0) is 29.7. The molecule has 0 aromatic carbocycles. The Morgan fingerprint density at radius 2 is 1.81 bits per heavy atom. The average Bonchev–Trinajstić information content (AvgIpc) is 3.46. The summed E-state index contributed by atoms with van der Waals surface area (Å²) in [4.78, 5) is 23.1. The molecule has 5 aromatic rings. The molecule has 0 radical (unpaired) electrons. The van der Waals surface area contributed by atoms with Gasteiger partial charge < -0.3 is 14.7 Å². The monoisotopic (exact) mass is 573 g/mol. The van der Waals surface area contributed by atoms with Crippen LogP contribution in [-0.4, -0.2) is 71.8 Å². The van der Waals surface area contributed by atoms with Gasteiger partial charge in [0.25, 0.3) is 0 Å². The molecule has 0 aliphatic carbocycles. The van der Waals surface area contributed by atoms with E-state index in [1.54, 1.807) is 44.1 Å². The van der Waals surface area contributed by atoms with Gasteiger partial charge in [0.2, 0.25) is 5.88 Å². The van der Waals surface area contributed by atoms with Crippen LogP contribution in [0.4, 0.5) is 5.82 Å². The maximum absolute atomic E-state index is 10.3. The molecular formula is C32H31N9O2. The van der Waals surface area contributed by atoms with Gasteiger partial charge in [-0.1, -0.05) is 6.07 Å². The van der Waals surface area contributed by atoms with E-state index in [4.69, 9.17) is 9.72 Å². The van der Waals surface area contributed by atoms with Crippen molar-refractivity contribution in [1.82, 2.24) is 34.4 Å². The summed E-state index contributed by atoms with van der Waals surface area (Å²) in [5.74, 6) is 1.57. The predicted octanol–water partition coefficient (Wildman–Crippen LogP) is 3.82. The van der Waals surface area contributed by atoms with Crippen molar-refractivity contribution < 1.29 is 9.84 Å². The van der Waals surface area contributed by atoms with Crippen LogP contribution >= 0.6 is 0 Å². The van der Waals surface area contributed by atoms with Gasteiger partial charge >= 0.3 is 0 Å². The molecule has 3 aliphatic heterocycles. The van der Waals surface area contributed by atoms with Gasteiger partial charge in [0.1, 0.15) is 17.5 Å². The fourth-order valence-electron chi connectivity index (χ4n) is 6.06. The molecule has 43 heavy (non-hydrogen) atoms. The largest absolute Gasteiger partial charge is 0.481 e. The number of ether oxygens (including phenoxy) is 1. The van der Waals surface area contributed by atoms with E-state index in [2.05, 4.69) is 54.1 Å². The summed E-state index contributed by atoms with van der Waals surface area (Å²) >= 11 is 0. The normalized spacial score (nSPS) is 18.3. The van der Waals surface area contributed by atoms with E-state index in [0.29, 0.717) is 40.4 Å². The second-order valence-electron chi connectivity index (χ2n) is 11.7. The summed E-state index contributed by atoms with van der Waals surface area (Å²) in [6.07, 6.45) is 11.6. The third kappa shape index (κ3) is 4.94. The van der Waals surface area contributed by atoms with Crippen molar-refractivity contribution in [3.63, 3.8) is 0 Å². The number of anilines is 1. The first kappa shape index (κ1) is 26.9. The molecule has 2 bridgehead atoms. The number of piperazine rings is 1. The number of nitrogens with zero attached hydrogens (tertiary/aromatic N) is 9. The van der Waals surface area contributed by atoms with Crippen molar-refractivity contribution >= 4 is 11.3 Å². The van der Waals surface area contributed by atoms with Crippen molar-refractivity contribution in [1.29, 1.82) is 5.26 Å². The minimum absolute atomic E-state index is 0.479. The Bertz CT molecular complexity index is 1810. The van der Waals surface area contributed by atoms with Gasteiger partial charge in [0.05, 0.1) is 48.2 Å². The Morgan fingerprint density at radius 1 is 0.977 bits per heavy atom. The molecule has 216 valence electrons. The third-order valence-electron chi connectivity index (χ3n) is 8.41. The lowest BCUT2D eigenvalue weighted by Gasteiger charge is -2.56. The van der Waals surface area contributed by atoms with Crippen molar-refractivity contribution in [3.8, 4) is 34.3 Å². The number of aromatic nitrogens is 6. The fraction of sp³-hybridized carbons (Fsp3) is 0.312. The van der Waals surface area contributed by atoms with Gasteiger partial charge in [-0.3, -0.25) is 14.9 Å². The number of methoxy groups -OCH3 is 1. The summed E-state index contributed by atoms with van der Waals surface area (Å²) in [6, 6.07) is 13.3. The number of pyridine rings is 3. The third-order valence-corrected chi connectivity index (χ3v) is 8.41. The summed E-state index contributed by atoms with van der Waals surface area (Å²) < 4.78 is 6.89. The van der Waals surface area contributed by atoms with Crippen molar-refractivity contribution in [2.45, 2.75) is 44.5 Å². The van der Waals surface area contributed by atoms with Crippen LogP contribution in [0.5, 0.6) is 5.88 Å². The second kappa shape index (κ2) is 10.4. The number of aliphatic hydroxyl groups is 1. The van der Waals surface area contributed by atoms with Crippen LogP contribution in [0.15, 0.2) is 67.5 Å². The average molecular weight is 574 g/mol. The molecule has 2 unspecified atom stereocenters. The molecule has 5 aromatic heterocycles. The first-order valence-corrected chi connectivity index (χ1v) is 14.2. The van der Waals surface area contributed by atoms with E-state index in [9.17, 15) is 10.4 Å². The first-order valence-electron chi connectivity index (χ1n) is 14.2. The van der Waals surface area contributed by atoms with Crippen LogP contribution in [0.2, 0.25) is 0 Å². The number of hydrogen-bond donors (Lipinski definition) is 1. The number of rotatable bonds is 7. The van der Waals surface area contributed by atoms with Crippen LogP contribution in [0.25, 0.3) is 27.9 Å². The van der Waals surface area contributed by atoms with Crippen LogP contribution in [0.3, 0.4) is 0 Å². The lowest BCUT2D eigenvalue weighted by Crippen LogP contribution is -2.68. The number of hydrogen-bond acceptors (Lipinski definition) is 10. The molecule has 0 saturated carbocycles. The predicted molar refractivity (Wildman–Crippen MR) is 160 cm³/mol. The smallest absolute Gasteiger partial charge is 0.212 e. The molecule has 3 aliphatic rings. The quantitative estimate of drug-likeness (QED) is 0.307. The van der Waals surface area contributed by atoms with E-state index >= 15 is 0 Å². The van der Waals surface area contributed by atoms with Gasteiger partial charge in [-0.2, -0.15) is 10.4 Å². The Kier molecular flexibility index (Phi) is 6.53. The van der Waals surface area contributed by atoms with Crippen LogP contribution in [0.1, 0.15) is 37.1 Å². The molecule has 0 amide bonds. The van der Waals surface area contributed by atoms with Gasteiger partial charge in [-0.15, -0.1) is 0 Å². The highest BCUT2D eigenvalue weighted by Crippen LogP contribution is 2.37. The molecule has 3 saturated heterocycles. The first-order chi connectivity index (χ1) is 20.8. The minimum atomic E-state index is -1.08. The van der Waals surface area contributed by atoms with Crippen molar-refractivity contribution in [2.24, 2.45) is 0 Å². The highest BCUT2D eigenvalue weighted by molar-refractivity contribution is 5.87. The van der Waals surface area contributed by atoms with E-state index in [1.807, 2.05) is 30.7 Å². The topological polar surface area (TPSA) is 129 Å². The standard InChI is InChI=1S/C32H31N9O2/c1-32(2,42)28-15-34-27(14-35-28)22-8-26(31-23(10-33)13-38-41(31)17-22)21-5-6-29(36-12-21)39-18-24-9-25(19-39)40(24)16-20-4-7-30(43-3)37-11-20/h4-8,11-15,17,24-25,42H,9,16,18-19H2,1-3H3. The zero-order valence-electron chi connectivity index (χ0n) is 24.2. The zero-order valence-corrected chi connectivity index (χ0v) is 24.2. The van der Waals surface area contributed by atoms with Crippen molar-refractivity contribution in [2.75, 3.05) is 25.1 Å². The lowest BCUT2D eigenvalue weighted by atomic mass is 9.87. The maximum Gasteiger partial charge on any atom is 0.212 e. The molecular weight excluding hydrogens is 542 g/mol. The molecule has 11 nitrogen and oxygen atoms in total. The highest BCUT2D eigenvalue weighted by atomic mass is 16.5. The SMILES string of the molecule is COc1ccc(CN2C3CC2CN(c2ccc(-c4cc(-c5cnc(C(C)(C)O)cn5)cn5ncc(C#N)c45)cn2)C3)cn1. The molecule has 1 N–H and O–H groups in total. The Labute approximate surface area is 249 Å². The van der Waals surface area contributed by atoms with E-state index < -0.39 is 5.60 Å². The summed E-state index contributed by atoms with van der Waals surface area (Å²) in [7, 11) is 1.63. The Hall–Kier alpha value is -4.92. The fourth-order valence-corrected chi connectivity index (χ4v) is 6.06. The van der Waals surface area contributed by atoms with Crippen molar-refractivity contribution in [3.05, 3.63) is 84.3 Å². The van der Waals surface area contributed by atoms with E-state index in [-0.39, 0.29) is 0 Å². The molecule has 8 heterocycles. The van der Waals surface area contributed by atoms with E-state index in [1.165, 1.54) is 12.0 Å². The van der Waals surface area contributed by atoms with Gasteiger partial charge in [0.15, 0.2) is 0 Å². The molecule has 8 rings (SSSR count). The summed E-state index contributed by atoms with van der Waals surface area (Å²) in [6.45, 7) is 6.08. The maximum atomic E-state index is 10.3. The minimum Gasteiger partial charge on any atom is -0.481 e. The van der Waals surface area contributed by atoms with Crippen LogP contribution in [0, 0.1) is 11.3 Å². The molecule has 11 heteroatoms. The molecule has 2 atom stereocenters. The number of nitriles is 1. The number of piperidine rings is 1.